The maximum atomic E-state index is 12.2. The number of hydrogen-bond acceptors (Lipinski definition) is 5. The number of hydrogen-bond donors (Lipinski definition) is 2. The fourth-order valence-electron chi connectivity index (χ4n) is 1.77. The number of sulfonamides is 1. The zero-order valence-corrected chi connectivity index (χ0v) is 13.1. The zero-order chi connectivity index (χ0) is 15.5. The number of aliphatic hydroxyl groups is 1. The van der Waals surface area contributed by atoms with Crippen LogP contribution in [0.1, 0.15) is 26.7 Å². The van der Waals surface area contributed by atoms with Crippen LogP contribution < -0.4 is 14.2 Å². The third-order valence-electron chi connectivity index (χ3n) is 3.43. The molecule has 21 heavy (non-hydrogen) atoms. The summed E-state index contributed by atoms with van der Waals surface area (Å²) in [5, 5.41) is 9.89. The van der Waals surface area contributed by atoms with Crippen LogP contribution in [0.2, 0.25) is 0 Å². The summed E-state index contributed by atoms with van der Waals surface area (Å²) >= 11 is 0. The second-order valence-corrected chi connectivity index (χ2v) is 7.10. The van der Waals surface area contributed by atoms with Crippen LogP contribution in [0.5, 0.6) is 11.5 Å². The SMILES string of the molecule is CCC(C)(O)CNS(=O)(=O)c1ccc2c(c1)OCCCO2. The van der Waals surface area contributed by atoms with Gasteiger partial charge in [-0.25, -0.2) is 13.1 Å². The van der Waals surface area contributed by atoms with Crippen molar-refractivity contribution in [3.8, 4) is 11.5 Å². The highest BCUT2D eigenvalue weighted by Gasteiger charge is 2.23. The molecular weight excluding hydrogens is 294 g/mol. The van der Waals surface area contributed by atoms with Crippen molar-refractivity contribution < 1.29 is 23.0 Å². The Hall–Kier alpha value is -1.31. The summed E-state index contributed by atoms with van der Waals surface area (Å²) in [6.07, 6.45) is 1.21. The lowest BCUT2D eigenvalue weighted by Gasteiger charge is -2.21. The lowest BCUT2D eigenvalue weighted by molar-refractivity contribution is 0.0613. The number of nitrogens with one attached hydrogen (secondary N) is 1. The van der Waals surface area contributed by atoms with Gasteiger partial charge in [-0.1, -0.05) is 6.92 Å². The lowest BCUT2D eigenvalue weighted by atomic mass is 10.1. The van der Waals surface area contributed by atoms with Crippen molar-refractivity contribution in [3.05, 3.63) is 18.2 Å². The van der Waals surface area contributed by atoms with Gasteiger partial charge in [-0.2, -0.15) is 0 Å². The maximum absolute atomic E-state index is 12.2. The van der Waals surface area contributed by atoms with Gasteiger partial charge in [-0.05, 0) is 25.5 Å². The predicted molar refractivity (Wildman–Crippen MR) is 78.2 cm³/mol. The molecule has 1 aromatic rings. The Labute approximate surface area is 125 Å². The molecule has 2 rings (SSSR count). The van der Waals surface area contributed by atoms with Gasteiger partial charge in [-0.15, -0.1) is 0 Å². The predicted octanol–water partition coefficient (Wildman–Crippen LogP) is 1.29. The molecule has 0 spiro atoms. The van der Waals surface area contributed by atoms with Gasteiger partial charge in [0.2, 0.25) is 10.0 Å². The summed E-state index contributed by atoms with van der Waals surface area (Å²) in [5.74, 6) is 0.977. The van der Waals surface area contributed by atoms with Gasteiger partial charge >= 0.3 is 0 Å². The number of benzene rings is 1. The molecule has 0 bridgehead atoms. The Bertz CT molecular complexity index is 597. The van der Waals surface area contributed by atoms with E-state index in [1.165, 1.54) is 12.1 Å². The average Bonchev–Trinajstić information content (AvgIpc) is 2.70. The van der Waals surface area contributed by atoms with Gasteiger partial charge in [0.15, 0.2) is 11.5 Å². The highest BCUT2D eigenvalue weighted by atomic mass is 32.2. The molecule has 0 saturated heterocycles. The second-order valence-electron chi connectivity index (χ2n) is 5.33. The van der Waals surface area contributed by atoms with Gasteiger partial charge in [0, 0.05) is 19.0 Å². The topological polar surface area (TPSA) is 84.9 Å². The average molecular weight is 315 g/mol. The monoisotopic (exact) mass is 315 g/mol. The van der Waals surface area contributed by atoms with Crippen LogP contribution in [-0.4, -0.2) is 38.9 Å². The minimum Gasteiger partial charge on any atom is -0.490 e. The molecule has 1 unspecified atom stereocenters. The lowest BCUT2D eigenvalue weighted by Crippen LogP contribution is -2.40. The van der Waals surface area contributed by atoms with Crippen LogP contribution >= 0.6 is 0 Å². The quantitative estimate of drug-likeness (QED) is 0.855. The molecule has 0 saturated carbocycles. The smallest absolute Gasteiger partial charge is 0.240 e. The molecule has 6 nitrogen and oxygen atoms in total. The van der Waals surface area contributed by atoms with E-state index in [9.17, 15) is 13.5 Å². The Morgan fingerprint density at radius 2 is 1.95 bits per heavy atom. The van der Waals surface area contributed by atoms with Gasteiger partial charge in [-0.3, -0.25) is 0 Å². The van der Waals surface area contributed by atoms with Crippen LogP contribution in [0.25, 0.3) is 0 Å². The van der Waals surface area contributed by atoms with E-state index in [-0.39, 0.29) is 11.4 Å². The first kappa shape index (κ1) is 16.1. The summed E-state index contributed by atoms with van der Waals surface area (Å²) in [7, 11) is -3.69. The summed E-state index contributed by atoms with van der Waals surface area (Å²) < 4.78 is 37.9. The molecule has 2 N–H and O–H groups in total. The first-order valence-corrected chi connectivity index (χ1v) is 8.44. The minimum absolute atomic E-state index is 0.0414. The van der Waals surface area contributed by atoms with E-state index in [1.54, 1.807) is 19.9 Å². The third kappa shape index (κ3) is 4.09. The Balaban J connectivity index is 2.19. The molecule has 1 atom stereocenters. The first-order valence-electron chi connectivity index (χ1n) is 6.96. The zero-order valence-electron chi connectivity index (χ0n) is 12.3. The number of fused-ring (bicyclic) bond motifs is 1. The van der Waals surface area contributed by atoms with Crippen molar-refractivity contribution in [2.75, 3.05) is 19.8 Å². The van der Waals surface area contributed by atoms with Crippen molar-refractivity contribution in [2.24, 2.45) is 0 Å². The Morgan fingerprint density at radius 3 is 2.62 bits per heavy atom. The standard InChI is InChI=1S/C14H21NO5S/c1-3-14(2,16)10-15-21(17,18)11-5-6-12-13(9-11)20-8-4-7-19-12/h5-6,9,15-16H,3-4,7-8,10H2,1-2H3. The summed E-state index contributed by atoms with van der Waals surface area (Å²) in [5.41, 5.74) is -1.07. The van der Waals surface area contributed by atoms with E-state index < -0.39 is 15.6 Å². The van der Waals surface area contributed by atoms with Crippen LogP contribution in [0, 0.1) is 0 Å². The molecule has 1 heterocycles. The van der Waals surface area contributed by atoms with E-state index in [4.69, 9.17) is 9.47 Å². The fourth-order valence-corrected chi connectivity index (χ4v) is 2.95. The fraction of sp³-hybridized carbons (Fsp3) is 0.571. The third-order valence-corrected chi connectivity index (χ3v) is 4.83. The molecule has 1 aliphatic heterocycles. The molecule has 7 heteroatoms. The van der Waals surface area contributed by atoms with Crippen LogP contribution in [0.4, 0.5) is 0 Å². The molecule has 118 valence electrons. The van der Waals surface area contributed by atoms with Crippen molar-refractivity contribution in [1.29, 1.82) is 0 Å². The molecular formula is C14H21NO5S. The largest absolute Gasteiger partial charge is 0.490 e. The highest BCUT2D eigenvalue weighted by molar-refractivity contribution is 7.89. The Kier molecular flexibility index (Phi) is 4.75. The van der Waals surface area contributed by atoms with E-state index in [0.717, 1.165) is 6.42 Å². The first-order chi connectivity index (χ1) is 9.84. The maximum Gasteiger partial charge on any atom is 0.240 e. The number of ether oxygens (including phenoxy) is 2. The van der Waals surface area contributed by atoms with E-state index in [0.29, 0.717) is 31.1 Å². The highest BCUT2D eigenvalue weighted by Crippen LogP contribution is 2.31. The van der Waals surface area contributed by atoms with Crippen molar-refractivity contribution in [3.63, 3.8) is 0 Å². The van der Waals surface area contributed by atoms with Crippen LogP contribution in [0.15, 0.2) is 23.1 Å². The molecule has 0 amide bonds. The molecule has 0 aromatic heterocycles. The van der Waals surface area contributed by atoms with Crippen molar-refractivity contribution >= 4 is 10.0 Å². The van der Waals surface area contributed by atoms with Crippen LogP contribution in [-0.2, 0) is 10.0 Å². The van der Waals surface area contributed by atoms with E-state index >= 15 is 0 Å². The minimum atomic E-state index is -3.69. The molecule has 1 aromatic carbocycles. The van der Waals surface area contributed by atoms with Crippen molar-refractivity contribution in [2.45, 2.75) is 37.2 Å². The van der Waals surface area contributed by atoms with Gasteiger partial charge < -0.3 is 14.6 Å². The summed E-state index contributed by atoms with van der Waals surface area (Å²) in [4.78, 5) is 0.0960. The Morgan fingerprint density at radius 1 is 1.29 bits per heavy atom. The number of rotatable bonds is 5. The summed E-state index contributed by atoms with van der Waals surface area (Å²) in [6.45, 7) is 4.39. The van der Waals surface area contributed by atoms with E-state index in [1.807, 2.05) is 0 Å². The molecule has 1 aliphatic rings. The van der Waals surface area contributed by atoms with Crippen LogP contribution in [0.3, 0.4) is 0 Å². The normalized spacial score (nSPS) is 17.9. The van der Waals surface area contributed by atoms with E-state index in [2.05, 4.69) is 4.72 Å². The van der Waals surface area contributed by atoms with Gasteiger partial charge in [0.05, 0.1) is 23.7 Å². The second kappa shape index (κ2) is 6.21. The summed E-state index contributed by atoms with van der Waals surface area (Å²) in [6, 6.07) is 4.51. The van der Waals surface area contributed by atoms with Gasteiger partial charge in [0.1, 0.15) is 0 Å². The molecule has 0 fully saturated rings. The van der Waals surface area contributed by atoms with Gasteiger partial charge in [0.25, 0.3) is 0 Å². The molecule has 0 radical (unpaired) electrons. The molecule has 0 aliphatic carbocycles. The van der Waals surface area contributed by atoms with Crippen molar-refractivity contribution in [1.82, 2.24) is 4.72 Å².